The number of amides is 1. The van der Waals surface area contributed by atoms with Crippen LogP contribution in [-0.4, -0.2) is 42.0 Å². The average Bonchev–Trinajstić information content (AvgIpc) is 2.42. The second-order valence-electron chi connectivity index (χ2n) is 4.32. The van der Waals surface area contributed by atoms with Gasteiger partial charge in [-0.25, -0.2) is 4.79 Å². The highest BCUT2D eigenvalue weighted by molar-refractivity contribution is 5.95. The summed E-state index contributed by atoms with van der Waals surface area (Å²) in [4.78, 5) is 24.0. The van der Waals surface area contributed by atoms with Gasteiger partial charge in [0.05, 0.1) is 17.7 Å². The van der Waals surface area contributed by atoms with Crippen LogP contribution in [0.4, 0.5) is 18.9 Å². The molecular weight excluding hydrogens is 289 g/mol. The molecule has 116 valence electrons. The van der Waals surface area contributed by atoms with Crippen LogP contribution < -0.4 is 5.32 Å². The molecule has 0 spiro atoms. The van der Waals surface area contributed by atoms with Crippen LogP contribution in [0.25, 0.3) is 0 Å². The third-order valence-corrected chi connectivity index (χ3v) is 2.91. The average molecular weight is 304 g/mol. The second kappa shape index (κ2) is 6.47. The first-order valence-corrected chi connectivity index (χ1v) is 6.09. The summed E-state index contributed by atoms with van der Waals surface area (Å²) in [5, 5.41) is 11.5. The molecule has 0 aliphatic heterocycles. The Balaban J connectivity index is 2.98. The number of carbonyl (C=O) groups excluding carboxylic acids is 1. The summed E-state index contributed by atoms with van der Waals surface area (Å²) < 4.78 is 37.7. The minimum Gasteiger partial charge on any atom is -0.478 e. The molecule has 1 rings (SSSR count). The van der Waals surface area contributed by atoms with Crippen LogP contribution in [0.3, 0.4) is 0 Å². The van der Waals surface area contributed by atoms with Crippen molar-refractivity contribution < 1.29 is 27.9 Å². The maximum atomic E-state index is 12.6. The van der Waals surface area contributed by atoms with Crippen LogP contribution in [0.2, 0.25) is 0 Å². The zero-order valence-electron chi connectivity index (χ0n) is 11.5. The number of likely N-dealkylation sites (N-methyl/N-ethyl adjacent to an activating group) is 1. The van der Waals surface area contributed by atoms with Gasteiger partial charge in [0.25, 0.3) is 0 Å². The lowest BCUT2D eigenvalue weighted by Gasteiger charge is -2.16. The van der Waals surface area contributed by atoms with Gasteiger partial charge in [0.15, 0.2) is 0 Å². The SMILES string of the molecule is CCN(C)C(=O)CNc1ccc(C(F)(F)F)cc1C(=O)O. The van der Waals surface area contributed by atoms with Crippen LogP contribution in [0.1, 0.15) is 22.8 Å². The van der Waals surface area contributed by atoms with Crippen LogP contribution >= 0.6 is 0 Å². The quantitative estimate of drug-likeness (QED) is 0.875. The highest BCUT2D eigenvalue weighted by atomic mass is 19.4. The van der Waals surface area contributed by atoms with E-state index in [1.807, 2.05) is 0 Å². The van der Waals surface area contributed by atoms with E-state index in [4.69, 9.17) is 5.11 Å². The normalized spacial score (nSPS) is 11.1. The molecule has 0 bridgehead atoms. The monoisotopic (exact) mass is 304 g/mol. The number of hydrogen-bond donors (Lipinski definition) is 2. The Morgan fingerprint density at radius 1 is 1.33 bits per heavy atom. The van der Waals surface area contributed by atoms with Gasteiger partial charge in [0.1, 0.15) is 0 Å². The smallest absolute Gasteiger partial charge is 0.416 e. The van der Waals surface area contributed by atoms with Crippen molar-refractivity contribution in [3.05, 3.63) is 29.3 Å². The number of benzene rings is 1. The molecule has 1 aromatic rings. The fraction of sp³-hybridized carbons (Fsp3) is 0.385. The molecule has 0 radical (unpaired) electrons. The summed E-state index contributed by atoms with van der Waals surface area (Å²) in [5.41, 5.74) is -1.62. The Kier molecular flexibility index (Phi) is 5.17. The first-order valence-electron chi connectivity index (χ1n) is 6.09. The molecule has 0 unspecified atom stereocenters. The van der Waals surface area contributed by atoms with E-state index in [-0.39, 0.29) is 18.1 Å². The minimum absolute atomic E-state index is 0.0339. The standard InChI is InChI=1S/C13H15F3N2O3/c1-3-18(2)11(19)7-17-10-5-4-8(13(14,15)16)6-9(10)12(20)21/h4-6,17H,3,7H2,1-2H3,(H,20,21). The molecule has 0 atom stereocenters. The lowest BCUT2D eigenvalue weighted by Crippen LogP contribution is -2.32. The maximum absolute atomic E-state index is 12.6. The molecular formula is C13H15F3N2O3. The zero-order valence-corrected chi connectivity index (χ0v) is 11.5. The Hall–Kier alpha value is -2.25. The number of carboxylic acids is 1. The minimum atomic E-state index is -4.62. The summed E-state index contributed by atoms with van der Waals surface area (Å²) in [6.45, 7) is 2.04. The van der Waals surface area contributed by atoms with Crippen molar-refractivity contribution in [3.8, 4) is 0 Å². The van der Waals surface area contributed by atoms with Gasteiger partial charge in [-0.15, -0.1) is 0 Å². The van der Waals surface area contributed by atoms with Gasteiger partial charge >= 0.3 is 12.1 Å². The number of nitrogens with zero attached hydrogens (tertiary/aromatic N) is 1. The van der Waals surface area contributed by atoms with E-state index in [0.717, 1.165) is 12.1 Å². The Bertz CT molecular complexity index is 544. The van der Waals surface area contributed by atoms with Crippen molar-refractivity contribution in [2.45, 2.75) is 13.1 Å². The third-order valence-electron chi connectivity index (χ3n) is 2.91. The maximum Gasteiger partial charge on any atom is 0.416 e. The van der Waals surface area contributed by atoms with Crippen LogP contribution in [0.15, 0.2) is 18.2 Å². The summed E-state index contributed by atoms with van der Waals surface area (Å²) in [5.74, 6) is -1.80. The van der Waals surface area contributed by atoms with Gasteiger partial charge < -0.3 is 15.3 Å². The van der Waals surface area contributed by atoms with Crippen LogP contribution in [-0.2, 0) is 11.0 Å². The summed E-state index contributed by atoms with van der Waals surface area (Å²) >= 11 is 0. The van der Waals surface area contributed by atoms with Crippen molar-refractivity contribution >= 4 is 17.6 Å². The van der Waals surface area contributed by atoms with Crippen molar-refractivity contribution in [1.29, 1.82) is 0 Å². The van der Waals surface area contributed by atoms with E-state index < -0.39 is 23.3 Å². The van der Waals surface area contributed by atoms with Gasteiger partial charge in [-0.05, 0) is 25.1 Å². The molecule has 0 aromatic heterocycles. The number of aromatic carboxylic acids is 1. The van der Waals surface area contributed by atoms with E-state index >= 15 is 0 Å². The fourth-order valence-corrected chi connectivity index (χ4v) is 1.53. The Morgan fingerprint density at radius 3 is 2.43 bits per heavy atom. The van der Waals surface area contributed by atoms with Crippen molar-refractivity contribution in [2.24, 2.45) is 0 Å². The molecule has 1 aromatic carbocycles. The largest absolute Gasteiger partial charge is 0.478 e. The van der Waals surface area contributed by atoms with E-state index in [2.05, 4.69) is 5.32 Å². The lowest BCUT2D eigenvalue weighted by molar-refractivity contribution is -0.137. The van der Waals surface area contributed by atoms with Gasteiger partial charge in [-0.1, -0.05) is 0 Å². The molecule has 1 amide bonds. The molecule has 21 heavy (non-hydrogen) atoms. The first-order chi connectivity index (χ1) is 9.66. The zero-order chi connectivity index (χ0) is 16.2. The number of rotatable bonds is 5. The summed E-state index contributed by atoms with van der Waals surface area (Å²) in [6.07, 6.45) is -4.62. The number of carboxylic acid groups (broad SMARTS) is 1. The third kappa shape index (κ3) is 4.37. The molecule has 0 aliphatic rings. The highest BCUT2D eigenvalue weighted by Crippen LogP contribution is 2.31. The molecule has 2 N–H and O–H groups in total. The van der Waals surface area contributed by atoms with E-state index in [9.17, 15) is 22.8 Å². The molecule has 0 aliphatic carbocycles. The topological polar surface area (TPSA) is 69.6 Å². The molecule has 0 fully saturated rings. The molecule has 8 heteroatoms. The van der Waals surface area contributed by atoms with Gasteiger partial charge in [-0.3, -0.25) is 4.79 Å². The number of nitrogens with one attached hydrogen (secondary N) is 1. The number of hydrogen-bond acceptors (Lipinski definition) is 3. The van der Waals surface area contributed by atoms with Crippen molar-refractivity contribution in [1.82, 2.24) is 4.90 Å². The number of carbonyl (C=O) groups is 2. The second-order valence-corrected chi connectivity index (χ2v) is 4.32. The first kappa shape index (κ1) is 16.8. The Labute approximate surface area is 119 Å². The van der Waals surface area contributed by atoms with Crippen molar-refractivity contribution in [2.75, 3.05) is 25.5 Å². The summed E-state index contributed by atoms with van der Waals surface area (Å²) in [7, 11) is 1.56. The van der Waals surface area contributed by atoms with Gasteiger partial charge in [-0.2, -0.15) is 13.2 Å². The molecule has 5 nitrogen and oxygen atoms in total. The van der Waals surface area contributed by atoms with Gasteiger partial charge in [0, 0.05) is 19.3 Å². The van der Waals surface area contributed by atoms with Crippen molar-refractivity contribution in [3.63, 3.8) is 0 Å². The van der Waals surface area contributed by atoms with Crippen LogP contribution in [0.5, 0.6) is 0 Å². The van der Waals surface area contributed by atoms with Crippen LogP contribution in [0, 0.1) is 0 Å². The fourth-order valence-electron chi connectivity index (χ4n) is 1.53. The highest BCUT2D eigenvalue weighted by Gasteiger charge is 2.31. The number of halogens is 3. The lowest BCUT2D eigenvalue weighted by atomic mass is 10.1. The molecule has 0 heterocycles. The van der Waals surface area contributed by atoms with E-state index in [1.165, 1.54) is 4.90 Å². The van der Waals surface area contributed by atoms with E-state index in [0.29, 0.717) is 12.6 Å². The number of alkyl halides is 3. The van der Waals surface area contributed by atoms with Gasteiger partial charge in [0.2, 0.25) is 5.91 Å². The number of anilines is 1. The van der Waals surface area contributed by atoms with E-state index in [1.54, 1.807) is 14.0 Å². The molecule has 0 saturated carbocycles. The summed E-state index contributed by atoms with van der Waals surface area (Å²) in [6, 6.07) is 2.31. The Morgan fingerprint density at radius 2 is 1.95 bits per heavy atom. The molecule has 0 saturated heterocycles. The predicted molar refractivity (Wildman–Crippen MR) is 70.2 cm³/mol. The predicted octanol–water partition coefficient (Wildman–Crippen LogP) is 2.29.